The van der Waals surface area contributed by atoms with Gasteiger partial charge >= 0.3 is 0 Å². The third kappa shape index (κ3) is 3.57. The zero-order valence-electron chi connectivity index (χ0n) is 16.8. The van der Waals surface area contributed by atoms with Gasteiger partial charge in [0.1, 0.15) is 11.5 Å². The molecule has 7 nitrogen and oxygen atoms in total. The van der Waals surface area contributed by atoms with Gasteiger partial charge in [0.15, 0.2) is 0 Å². The number of ketones is 1. The first-order valence-corrected chi connectivity index (χ1v) is 9.89. The highest BCUT2D eigenvalue weighted by Crippen LogP contribution is 2.43. The molecule has 1 N–H and O–H groups in total. The van der Waals surface area contributed by atoms with Gasteiger partial charge in [0.05, 0.1) is 35.9 Å². The van der Waals surface area contributed by atoms with Crippen molar-refractivity contribution in [3.63, 3.8) is 0 Å². The molecule has 1 unspecified atom stereocenters. The fourth-order valence-electron chi connectivity index (χ4n) is 3.66. The highest BCUT2D eigenvalue weighted by atomic mass is 35.5. The zero-order chi connectivity index (χ0) is 22.8. The van der Waals surface area contributed by atoms with E-state index in [2.05, 4.69) is 4.98 Å². The molecule has 158 valence electrons. The lowest BCUT2D eigenvalue weighted by molar-refractivity contribution is -0.132. The van der Waals surface area contributed by atoms with Gasteiger partial charge in [-0.2, -0.15) is 5.26 Å². The molecule has 1 aromatic heterocycles. The maximum absolute atomic E-state index is 13.1. The number of amides is 1. The van der Waals surface area contributed by atoms with Crippen LogP contribution in [0.25, 0.3) is 5.76 Å². The van der Waals surface area contributed by atoms with E-state index in [1.54, 1.807) is 54.7 Å². The average Bonchev–Trinajstić information content (AvgIpc) is 3.09. The first-order valence-electron chi connectivity index (χ1n) is 9.51. The minimum Gasteiger partial charge on any atom is -0.507 e. The smallest absolute Gasteiger partial charge is 0.300 e. The number of hydrogen-bond acceptors (Lipinski definition) is 6. The van der Waals surface area contributed by atoms with Gasteiger partial charge in [-0.05, 0) is 54.1 Å². The number of methoxy groups -OCH3 is 1. The molecule has 0 aliphatic carbocycles. The largest absolute Gasteiger partial charge is 0.507 e. The number of carbonyl (C=O) groups excluding carboxylic acids is 2. The highest BCUT2D eigenvalue weighted by molar-refractivity contribution is 6.51. The second kappa shape index (κ2) is 8.53. The molecular formula is C24H16ClN3O4. The molecule has 0 bridgehead atoms. The quantitative estimate of drug-likeness (QED) is 0.366. The lowest BCUT2D eigenvalue weighted by atomic mass is 9.95. The van der Waals surface area contributed by atoms with Gasteiger partial charge < -0.3 is 9.84 Å². The van der Waals surface area contributed by atoms with Gasteiger partial charge in [0.2, 0.25) is 0 Å². The van der Waals surface area contributed by atoms with Crippen molar-refractivity contribution < 1.29 is 19.4 Å². The van der Waals surface area contributed by atoms with Crippen LogP contribution in [0.1, 0.15) is 22.7 Å². The number of nitrogens with zero attached hydrogens (tertiary/aromatic N) is 3. The lowest BCUT2D eigenvalue weighted by Crippen LogP contribution is -2.29. The van der Waals surface area contributed by atoms with Crippen LogP contribution in [-0.2, 0) is 9.59 Å². The van der Waals surface area contributed by atoms with E-state index in [0.29, 0.717) is 27.6 Å². The summed E-state index contributed by atoms with van der Waals surface area (Å²) < 4.78 is 5.32. The van der Waals surface area contributed by atoms with Gasteiger partial charge in [0, 0.05) is 23.1 Å². The van der Waals surface area contributed by atoms with Crippen LogP contribution >= 0.6 is 11.6 Å². The van der Waals surface area contributed by atoms with Gasteiger partial charge in [-0.25, -0.2) is 0 Å². The number of pyridine rings is 1. The number of Topliss-reactive ketones (excluding diaryl/α,β-unsaturated/α-hetero) is 1. The van der Waals surface area contributed by atoms with Crippen molar-refractivity contribution in [2.45, 2.75) is 6.04 Å². The number of benzene rings is 2. The standard InChI is InChI=1S/C24H16ClN3O4/c1-32-19-9-6-16(25)11-18(19)22(29)20-21(15-3-2-10-27-13-15)28(24(31)23(20)30)17-7-4-14(12-26)5-8-17/h2-11,13,21,29H,1H3/b22-20+. The molecule has 3 aromatic rings. The van der Waals surface area contributed by atoms with Crippen LogP contribution in [0.2, 0.25) is 5.02 Å². The molecule has 0 radical (unpaired) electrons. The third-order valence-corrected chi connectivity index (χ3v) is 5.37. The number of aliphatic hydroxyl groups excluding tert-OH is 1. The van der Waals surface area contributed by atoms with Crippen LogP contribution in [0, 0.1) is 11.3 Å². The Morgan fingerprint density at radius 3 is 2.56 bits per heavy atom. The van der Waals surface area contributed by atoms with E-state index in [1.807, 2.05) is 6.07 Å². The van der Waals surface area contributed by atoms with Crippen LogP contribution in [0.5, 0.6) is 5.75 Å². The first-order chi connectivity index (χ1) is 15.5. The molecular weight excluding hydrogens is 430 g/mol. The maximum atomic E-state index is 13.1. The normalized spacial score (nSPS) is 17.3. The van der Waals surface area contributed by atoms with Crippen molar-refractivity contribution in [1.29, 1.82) is 5.26 Å². The summed E-state index contributed by atoms with van der Waals surface area (Å²) in [4.78, 5) is 31.6. The molecule has 0 saturated carbocycles. The Morgan fingerprint density at radius 1 is 1.19 bits per heavy atom. The van der Waals surface area contributed by atoms with E-state index in [4.69, 9.17) is 21.6 Å². The predicted octanol–water partition coefficient (Wildman–Crippen LogP) is 4.24. The van der Waals surface area contributed by atoms with Gasteiger partial charge in [-0.1, -0.05) is 17.7 Å². The van der Waals surface area contributed by atoms with E-state index >= 15 is 0 Å². The Kier molecular flexibility index (Phi) is 5.63. The fraction of sp³-hybridized carbons (Fsp3) is 0.0833. The first kappa shape index (κ1) is 21.1. The van der Waals surface area contributed by atoms with E-state index in [1.165, 1.54) is 24.3 Å². The van der Waals surface area contributed by atoms with E-state index < -0.39 is 23.5 Å². The number of halogens is 1. The number of nitriles is 1. The highest BCUT2D eigenvalue weighted by Gasteiger charge is 2.47. The van der Waals surface area contributed by atoms with Crippen LogP contribution in [0.3, 0.4) is 0 Å². The Morgan fingerprint density at radius 2 is 1.94 bits per heavy atom. The van der Waals surface area contributed by atoms with Crippen molar-refractivity contribution >= 4 is 34.7 Å². The van der Waals surface area contributed by atoms with E-state index in [0.717, 1.165) is 0 Å². The number of carbonyl (C=O) groups is 2. The second-order valence-electron chi connectivity index (χ2n) is 6.96. The van der Waals surface area contributed by atoms with Crippen LogP contribution in [0.4, 0.5) is 5.69 Å². The Bertz CT molecular complexity index is 1280. The lowest BCUT2D eigenvalue weighted by Gasteiger charge is -2.25. The molecule has 4 rings (SSSR count). The second-order valence-corrected chi connectivity index (χ2v) is 7.40. The molecule has 32 heavy (non-hydrogen) atoms. The molecule has 8 heteroatoms. The van der Waals surface area contributed by atoms with Gasteiger partial charge in [0.25, 0.3) is 11.7 Å². The number of aromatic nitrogens is 1. The van der Waals surface area contributed by atoms with E-state index in [9.17, 15) is 14.7 Å². The molecule has 1 aliphatic rings. The summed E-state index contributed by atoms with van der Waals surface area (Å²) in [5.41, 5.74) is 1.40. The Balaban J connectivity index is 1.96. The van der Waals surface area contributed by atoms with Gasteiger partial charge in [-0.15, -0.1) is 0 Å². The minimum absolute atomic E-state index is 0.118. The number of ether oxygens (including phenoxy) is 1. The van der Waals surface area contributed by atoms with Crippen molar-refractivity contribution in [1.82, 2.24) is 4.98 Å². The maximum Gasteiger partial charge on any atom is 0.300 e. The number of hydrogen-bond donors (Lipinski definition) is 1. The summed E-state index contributed by atoms with van der Waals surface area (Å²) in [5, 5.41) is 20.6. The molecule has 1 amide bonds. The SMILES string of the molecule is COc1ccc(Cl)cc1/C(O)=C1\C(=O)C(=O)N(c2ccc(C#N)cc2)C1c1cccnc1. The summed E-state index contributed by atoms with van der Waals surface area (Å²) in [6, 6.07) is 15.3. The number of aliphatic hydroxyl groups is 1. The van der Waals surface area contributed by atoms with Crippen molar-refractivity contribution in [3.8, 4) is 11.8 Å². The molecule has 1 saturated heterocycles. The Hall–Kier alpha value is -4.15. The van der Waals surface area contributed by atoms with E-state index in [-0.39, 0.29) is 11.1 Å². The molecule has 1 fully saturated rings. The number of anilines is 1. The summed E-state index contributed by atoms with van der Waals surface area (Å²) in [7, 11) is 1.42. The number of rotatable bonds is 4. The van der Waals surface area contributed by atoms with Crippen molar-refractivity contribution in [3.05, 3.63) is 94.3 Å². The average molecular weight is 446 g/mol. The monoisotopic (exact) mass is 445 g/mol. The summed E-state index contributed by atoms with van der Waals surface area (Å²) in [5.74, 6) is -1.79. The van der Waals surface area contributed by atoms with Gasteiger partial charge in [-0.3, -0.25) is 19.5 Å². The Labute approximate surface area is 188 Å². The van der Waals surface area contributed by atoms with Crippen molar-refractivity contribution in [2.75, 3.05) is 12.0 Å². The molecule has 2 aromatic carbocycles. The molecule has 1 atom stereocenters. The minimum atomic E-state index is -0.944. The molecule has 2 heterocycles. The third-order valence-electron chi connectivity index (χ3n) is 5.14. The fourth-order valence-corrected chi connectivity index (χ4v) is 3.83. The topological polar surface area (TPSA) is 104 Å². The predicted molar refractivity (Wildman–Crippen MR) is 118 cm³/mol. The van der Waals surface area contributed by atoms with Crippen LogP contribution in [-0.4, -0.2) is 28.9 Å². The summed E-state index contributed by atoms with van der Waals surface area (Å²) in [6.07, 6.45) is 3.09. The molecule has 1 aliphatic heterocycles. The molecule has 0 spiro atoms. The zero-order valence-corrected chi connectivity index (χ0v) is 17.6. The van der Waals surface area contributed by atoms with Crippen LogP contribution < -0.4 is 9.64 Å². The summed E-state index contributed by atoms with van der Waals surface area (Å²) in [6.45, 7) is 0. The summed E-state index contributed by atoms with van der Waals surface area (Å²) >= 11 is 6.11. The van der Waals surface area contributed by atoms with Crippen molar-refractivity contribution in [2.24, 2.45) is 0 Å². The van der Waals surface area contributed by atoms with Crippen LogP contribution in [0.15, 0.2) is 72.6 Å².